The molecule has 4 nitrogen and oxygen atoms in total. The number of hydrogen-bond donors (Lipinski definition) is 1. The molecular weight excluding hydrogens is 271 g/mol. The molecule has 1 aromatic carbocycles. The highest BCUT2D eigenvalue weighted by molar-refractivity contribution is 5.88. The van der Waals surface area contributed by atoms with Crippen LogP contribution in [0.15, 0.2) is 24.3 Å². The van der Waals surface area contributed by atoms with E-state index in [-0.39, 0.29) is 24.1 Å². The molecule has 0 saturated carbocycles. The number of rotatable bonds is 6. The molecule has 1 aromatic rings. The molecule has 5 heteroatoms. The van der Waals surface area contributed by atoms with Gasteiger partial charge in [-0.25, -0.2) is 4.39 Å². The van der Waals surface area contributed by atoms with Gasteiger partial charge in [-0.05, 0) is 24.0 Å². The first-order valence-corrected chi connectivity index (χ1v) is 7.35. The van der Waals surface area contributed by atoms with Crippen molar-refractivity contribution >= 4 is 11.8 Å². The average molecular weight is 292 g/mol. The number of amides is 2. The predicted octanol–water partition coefficient (Wildman–Crippen LogP) is 1.87. The molecule has 2 unspecified atom stereocenters. The van der Waals surface area contributed by atoms with Gasteiger partial charge in [0.25, 0.3) is 0 Å². The van der Waals surface area contributed by atoms with Crippen LogP contribution >= 0.6 is 0 Å². The second-order valence-corrected chi connectivity index (χ2v) is 5.62. The summed E-state index contributed by atoms with van der Waals surface area (Å²) in [6.07, 6.45) is 2.54. The van der Waals surface area contributed by atoms with E-state index in [4.69, 9.17) is 5.73 Å². The van der Waals surface area contributed by atoms with Gasteiger partial charge in [-0.1, -0.05) is 31.5 Å². The average Bonchev–Trinajstić information content (AvgIpc) is 2.78. The van der Waals surface area contributed by atoms with Crippen LogP contribution < -0.4 is 5.73 Å². The number of nitrogens with two attached hydrogens (primary N) is 1. The molecule has 0 aromatic heterocycles. The Morgan fingerprint density at radius 3 is 2.81 bits per heavy atom. The molecule has 1 aliphatic heterocycles. The highest BCUT2D eigenvalue weighted by Crippen LogP contribution is 2.25. The van der Waals surface area contributed by atoms with E-state index in [2.05, 4.69) is 6.92 Å². The zero-order valence-corrected chi connectivity index (χ0v) is 12.2. The van der Waals surface area contributed by atoms with Crippen molar-refractivity contribution in [3.05, 3.63) is 35.6 Å². The first-order valence-electron chi connectivity index (χ1n) is 7.35. The number of benzene rings is 1. The highest BCUT2D eigenvalue weighted by Gasteiger charge is 2.36. The number of carbonyl (C=O) groups is 2. The van der Waals surface area contributed by atoms with E-state index < -0.39 is 11.9 Å². The Bertz CT molecular complexity index is 533. The molecule has 1 aliphatic rings. The van der Waals surface area contributed by atoms with Crippen LogP contribution in [0.25, 0.3) is 0 Å². The minimum Gasteiger partial charge on any atom is -0.368 e. The zero-order valence-electron chi connectivity index (χ0n) is 12.2. The summed E-state index contributed by atoms with van der Waals surface area (Å²) in [7, 11) is 0. The molecule has 114 valence electrons. The van der Waals surface area contributed by atoms with E-state index in [9.17, 15) is 14.0 Å². The third-order valence-corrected chi connectivity index (χ3v) is 4.01. The molecule has 2 N–H and O–H groups in total. The lowest BCUT2D eigenvalue weighted by molar-refractivity contribution is -0.136. The van der Waals surface area contributed by atoms with Gasteiger partial charge < -0.3 is 10.6 Å². The minimum absolute atomic E-state index is 0.0615. The Morgan fingerprint density at radius 2 is 2.19 bits per heavy atom. The van der Waals surface area contributed by atoms with E-state index in [1.807, 2.05) is 0 Å². The zero-order chi connectivity index (χ0) is 15.4. The predicted molar refractivity (Wildman–Crippen MR) is 77.8 cm³/mol. The number of halogens is 1. The molecule has 0 bridgehead atoms. The Labute approximate surface area is 124 Å². The van der Waals surface area contributed by atoms with Crippen molar-refractivity contribution in [1.29, 1.82) is 0 Å². The van der Waals surface area contributed by atoms with Crippen LogP contribution in [0.5, 0.6) is 0 Å². The second kappa shape index (κ2) is 6.70. The molecule has 2 rings (SSSR count). The van der Waals surface area contributed by atoms with Gasteiger partial charge in [0, 0.05) is 19.4 Å². The Hall–Kier alpha value is -1.91. The second-order valence-electron chi connectivity index (χ2n) is 5.62. The van der Waals surface area contributed by atoms with E-state index in [0.717, 1.165) is 12.8 Å². The summed E-state index contributed by atoms with van der Waals surface area (Å²) in [6, 6.07) is 5.50. The summed E-state index contributed by atoms with van der Waals surface area (Å²) < 4.78 is 13.7. The molecule has 21 heavy (non-hydrogen) atoms. The molecule has 1 heterocycles. The van der Waals surface area contributed by atoms with Crippen molar-refractivity contribution < 1.29 is 14.0 Å². The van der Waals surface area contributed by atoms with Crippen LogP contribution in [-0.2, 0) is 16.0 Å². The third-order valence-electron chi connectivity index (χ3n) is 4.01. The van der Waals surface area contributed by atoms with Gasteiger partial charge in [0.2, 0.25) is 11.8 Å². The van der Waals surface area contributed by atoms with Gasteiger partial charge in [0.15, 0.2) is 0 Å². The Morgan fingerprint density at radius 1 is 1.48 bits per heavy atom. The maximum Gasteiger partial charge on any atom is 0.240 e. The summed E-state index contributed by atoms with van der Waals surface area (Å²) in [5.41, 5.74) is 5.85. The highest BCUT2D eigenvalue weighted by atomic mass is 19.1. The fraction of sp³-hybridized carbons (Fsp3) is 0.500. The molecule has 2 amide bonds. The number of nitrogens with zero attached hydrogens (tertiary/aromatic N) is 1. The molecule has 0 radical (unpaired) electrons. The lowest BCUT2D eigenvalue weighted by Crippen LogP contribution is -2.47. The summed E-state index contributed by atoms with van der Waals surface area (Å²) in [6.45, 7) is 2.60. The van der Waals surface area contributed by atoms with Gasteiger partial charge in [0.1, 0.15) is 11.9 Å². The summed E-state index contributed by atoms with van der Waals surface area (Å²) in [5, 5.41) is 0. The van der Waals surface area contributed by atoms with E-state index in [0.29, 0.717) is 18.5 Å². The normalized spacial score (nSPS) is 19.8. The number of hydrogen-bond acceptors (Lipinski definition) is 2. The van der Waals surface area contributed by atoms with Gasteiger partial charge in [0.05, 0.1) is 0 Å². The van der Waals surface area contributed by atoms with E-state index >= 15 is 0 Å². The van der Waals surface area contributed by atoms with Crippen molar-refractivity contribution in [2.75, 3.05) is 6.54 Å². The number of carbonyl (C=O) groups excluding carboxylic acids is 2. The van der Waals surface area contributed by atoms with Crippen LogP contribution in [0.4, 0.5) is 4.39 Å². The van der Waals surface area contributed by atoms with E-state index in [1.54, 1.807) is 18.2 Å². The maximum atomic E-state index is 13.7. The monoisotopic (exact) mass is 292 g/mol. The Balaban J connectivity index is 2.15. The van der Waals surface area contributed by atoms with Crippen LogP contribution in [0.2, 0.25) is 0 Å². The van der Waals surface area contributed by atoms with Crippen LogP contribution in [0.3, 0.4) is 0 Å². The van der Waals surface area contributed by atoms with Gasteiger partial charge in [-0.15, -0.1) is 0 Å². The molecular formula is C16H21FN2O2. The standard InChI is InChI=1S/C16H21FN2O2/c1-2-5-11-8-15(20)19(10-11)14(16(18)21)9-12-6-3-4-7-13(12)17/h3-4,6-7,11,14H,2,5,8-10H2,1H3,(H2,18,21). The first kappa shape index (κ1) is 15.5. The van der Waals surface area contributed by atoms with Crippen LogP contribution in [0, 0.1) is 11.7 Å². The summed E-state index contributed by atoms with van der Waals surface area (Å²) >= 11 is 0. The van der Waals surface area contributed by atoms with Crippen LogP contribution in [0.1, 0.15) is 31.7 Å². The molecule has 2 atom stereocenters. The summed E-state index contributed by atoms with van der Waals surface area (Å²) in [5.74, 6) is -0.747. The van der Waals surface area contributed by atoms with Crippen molar-refractivity contribution in [3.63, 3.8) is 0 Å². The van der Waals surface area contributed by atoms with Gasteiger partial charge in [-0.3, -0.25) is 9.59 Å². The third kappa shape index (κ3) is 3.60. The van der Waals surface area contributed by atoms with Crippen molar-refractivity contribution in [3.8, 4) is 0 Å². The van der Waals surface area contributed by atoms with Crippen molar-refractivity contribution in [1.82, 2.24) is 4.90 Å². The lowest BCUT2D eigenvalue weighted by atomic mass is 10.0. The topological polar surface area (TPSA) is 63.4 Å². The van der Waals surface area contributed by atoms with Crippen molar-refractivity contribution in [2.45, 2.75) is 38.6 Å². The molecule has 0 aliphatic carbocycles. The number of likely N-dealkylation sites (tertiary alicyclic amines) is 1. The fourth-order valence-electron chi connectivity index (χ4n) is 2.95. The lowest BCUT2D eigenvalue weighted by Gasteiger charge is -2.26. The largest absolute Gasteiger partial charge is 0.368 e. The molecule has 0 spiro atoms. The maximum absolute atomic E-state index is 13.7. The molecule has 1 fully saturated rings. The SMILES string of the molecule is CCCC1CC(=O)N(C(Cc2ccccc2F)C(N)=O)C1. The van der Waals surface area contributed by atoms with Crippen molar-refractivity contribution in [2.24, 2.45) is 11.7 Å². The smallest absolute Gasteiger partial charge is 0.240 e. The van der Waals surface area contributed by atoms with Gasteiger partial charge in [-0.2, -0.15) is 0 Å². The number of primary amides is 1. The fourth-order valence-corrected chi connectivity index (χ4v) is 2.95. The quantitative estimate of drug-likeness (QED) is 0.870. The molecule has 1 saturated heterocycles. The Kier molecular flexibility index (Phi) is 4.94. The summed E-state index contributed by atoms with van der Waals surface area (Å²) in [4.78, 5) is 25.3. The van der Waals surface area contributed by atoms with Crippen LogP contribution in [-0.4, -0.2) is 29.3 Å². The van der Waals surface area contributed by atoms with Gasteiger partial charge >= 0.3 is 0 Å². The minimum atomic E-state index is -0.767. The first-order chi connectivity index (χ1) is 10.0. The van der Waals surface area contributed by atoms with E-state index in [1.165, 1.54) is 11.0 Å².